The van der Waals surface area contributed by atoms with Gasteiger partial charge in [0.05, 0.1) is 16.4 Å². The molecule has 0 aliphatic rings. The van der Waals surface area contributed by atoms with Crippen molar-refractivity contribution in [1.29, 1.82) is 0 Å². The topological polar surface area (TPSA) is 88.5 Å². The first-order valence-corrected chi connectivity index (χ1v) is 8.52. The Morgan fingerprint density at radius 3 is 2.78 bits per heavy atom. The average molecular weight is 405 g/mol. The van der Waals surface area contributed by atoms with Crippen LogP contribution in [0.4, 0.5) is 10.1 Å². The Morgan fingerprint density at radius 2 is 2.04 bits per heavy atom. The average Bonchev–Trinajstić information content (AvgIpc) is 3.21. The zero-order valence-corrected chi connectivity index (χ0v) is 15.3. The second-order valence-corrected chi connectivity index (χ2v) is 6.57. The fourth-order valence-electron chi connectivity index (χ4n) is 2.68. The number of tetrazole rings is 1. The van der Waals surface area contributed by atoms with Crippen LogP contribution in [0.25, 0.3) is 16.6 Å². The molecule has 7 nitrogen and oxygen atoms in total. The molecule has 0 saturated heterocycles. The predicted molar refractivity (Wildman–Crippen MR) is 100 cm³/mol. The molecule has 0 radical (unpaired) electrons. The minimum atomic E-state index is -0.604. The number of rotatable bonds is 3. The lowest BCUT2D eigenvalue weighted by Crippen LogP contribution is -2.14. The van der Waals surface area contributed by atoms with Gasteiger partial charge in [-0.05, 0) is 53.7 Å². The number of carbonyl (C=O) groups is 1. The molecule has 136 valence electrons. The summed E-state index contributed by atoms with van der Waals surface area (Å²) in [6, 6.07) is 9.20. The van der Waals surface area contributed by atoms with Gasteiger partial charge in [-0.1, -0.05) is 23.2 Å². The largest absolute Gasteiger partial charge is 0.349 e. The van der Waals surface area contributed by atoms with E-state index in [1.54, 1.807) is 25.1 Å². The Bertz CT molecular complexity index is 1190. The maximum absolute atomic E-state index is 14.2. The number of fused-ring (bicyclic) bond motifs is 1. The first-order chi connectivity index (χ1) is 12.9. The van der Waals surface area contributed by atoms with Gasteiger partial charge in [0.1, 0.15) is 11.5 Å². The van der Waals surface area contributed by atoms with E-state index in [4.69, 9.17) is 23.2 Å². The maximum atomic E-state index is 14.2. The third-order valence-electron chi connectivity index (χ3n) is 3.99. The molecule has 0 spiro atoms. The highest BCUT2D eigenvalue weighted by molar-refractivity contribution is 6.40. The van der Waals surface area contributed by atoms with Crippen molar-refractivity contribution in [3.05, 3.63) is 63.8 Å². The molecule has 0 saturated carbocycles. The number of H-pyrrole nitrogens is 1. The summed E-state index contributed by atoms with van der Waals surface area (Å²) in [5.74, 6) is -0.667. The van der Waals surface area contributed by atoms with Crippen LogP contribution in [0.5, 0.6) is 0 Å². The minimum Gasteiger partial charge on any atom is -0.349 e. The van der Waals surface area contributed by atoms with Crippen molar-refractivity contribution in [2.45, 2.75) is 6.92 Å². The minimum absolute atomic E-state index is 0.0276. The van der Waals surface area contributed by atoms with Crippen LogP contribution in [0.3, 0.4) is 0 Å². The van der Waals surface area contributed by atoms with E-state index in [0.29, 0.717) is 27.4 Å². The van der Waals surface area contributed by atoms with Crippen molar-refractivity contribution in [2.75, 3.05) is 5.32 Å². The third kappa shape index (κ3) is 3.13. The van der Waals surface area contributed by atoms with E-state index in [1.807, 2.05) is 0 Å². The molecule has 2 aromatic heterocycles. The summed E-state index contributed by atoms with van der Waals surface area (Å²) in [7, 11) is 0. The fraction of sp³-hybridized carbons (Fsp3) is 0.0588. The summed E-state index contributed by atoms with van der Waals surface area (Å²) in [5, 5.41) is 15.0. The van der Waals surface area contributed by atoms with Crippen LogP contribution in [-0.4, -0.2) is 31.1 Å². The second-order valence-electron chi connectivity index (χ2n) is 5.76. The number of aromatic nitrogens is 5. The molecule has 0 unspecified atom stereocenters. The number of amides is 1. The van der Waals surface area contributed by atoms with E-state index >= 15 is 0 Å². The summed E-state index contributed by atoms with van der Waals surface area (Å²) in [6.45, 7) is 1.71. The van der Waals surface area contributed by atoms with E-state index in [1.165, 1.54) is 22.9 Å². The fourth-order valence-corrected chi connectivity index (χ4v) is 3.15. The molecule has 0 bridgehead atoms. The van der Waals surface area contributed by atoms with Crippen LogP contribution >= 0.6 is 23.2 Å². The van der Waals surface area contributed by atoms with Crippen LogP contribution in [0.2, 0.25) is 10.0 Å². The summed E-state index contributed by atoms with van der Waals surface area (Å²) in [6.07, 6.45) is 0. The number of carbonyl (C=O) groups excluding carboxylic acids is 1. The standard InChI is InChI=1S/C17H11Cl2FN6O/c1-8-23-24-25-26(8)10-3-4-12(20)14(7-10)22-17(27)16-15(19)11-6-9(18)2-5-13(11)21-16/h2-7,21H,1H3,(H,22,27). The highest BCUT2D eigenvalue weighted by Gasteiger charge is 2.18. The molecule has 4 aromatic rings. The summed E-state index contributed by atoms with van der Waals surface area (Å²) in [4.78, 5) is 15.6. The number of halogens is 3. The molecule has 0 atom stereocenters. The van der Waals surface area contributed by atoms with Crippen molar-refractivity contribution in [1.82, 2.24) is 25.2 Å². The zero-order valence-electron chi connectivity index (χ0n) is 13.8. The molecule has 2 heterocycles. The first kappa shape index (κ1) is 17.4. The number of aromatic amines is 1. The van der Waals surface area contributed by atoms with Crippen LogP contribution in [-0.2, 0) is 0 Å². The number of hydrogen-bond donors (Lipinski definition) is 2. The van der Waals surface area contributed by atoms with Gasteiger partial charge in [-0.15, -0.1) is 5.10 Å². The molecule has 0 aliphatic heterocycles. The Morgan fingerprint density at radius 1 is 1.22 bits per heavy atom. The Balaban J connectivity index is 1.69. The lowest BCUT2D eigenvalue weighted by Gasteiger charge is -2.08. The molecule has 0 aliphatic carbocycles. The van der Waals surface area contributed by atoms with Gasteiger partial charge in [0.2, 0.25) is 0 Å². The van der Waals surface area contributed by atoms with Gasteiger partial charge in [0.15, 0.2) is 5.82 Å². The first-order valence-electron chi connectivity index (χ1n) is 7.77. The molecular formula is C17H11Cl2FN6O. The van der Waals surface area contributed by atoms with Crippen LogP contribution in [0.15, 0.2) is 36.4 Å². The molecule has 0 fully saturated rings. The summed E-state index contributed by atoms with van der Waals surface area (Å²) >= 11 is 12.3. The molecule has 2 aromatic carbocycles. The molecule has 10 heteroatoms. The number of anilines is 1. The smallest absolute Gasteiger partial charge is 0.273 e. The van der Waals surface area contributed by atoms with Gasteiger partial charge in [-0.2, -0.15) is 4.68 Å². The zero-order chi connectivity index (χ0) is 19.1. The van der Waals surface area contributed by atoms with Crippen molar-refractivity contribution in [3.8, 4) is 5.69 Å². The van der Waals surface area contributed by atoms with Gasteiger partial charge in [-0.3, -0.25) is 4.79 Å². The van der Waals surface area contributed by atoms with Crippen LogP contribution in [0.1, 0.15) is 16.3 Å². The monoisotopic (exact) mass is 404 g/mol. The summed E-state index contributed by atoms with van der Waals surface area (Å²) < 4.78 is 15.6. The third-order valence-corrected chi connectivity index (χ3v) is 4.62. The van der Waals surface area contributed by atoms with Gasteiger partial charge in [0.25, 0.3) is 5.91 Å². The van der Waals surface area contributed by atoms with Crippen molar-refractivity contribution < 1.29 is 9.18 Å². The molecule has 27 heavy (non-hydrogen) atoms. The Kier molecular flexibility index (Phi) is 4.29. The summed E-state index contributed by atoms with van der Waals surface area (Å²) in [5.41, 5.74) is 1.23. The van der Waals surface area contributed by atoms with Gasteiger partial charge in [-0.25, -0.2) is 4.39 Å². The molecule has 2 N–H and O–H groups in total. The van der Waals surface area contributed by atoms with E-state index in [9.17, 15) is 9.18 Å². The normalized spacial score (nSPS) is 11.1. The number of aryl methyl sites for hydroxylation is 1. The number of hydrogen-bond acceptors (Lipinski definition) is 4. The highest BCUT2D eigenvalue weighted by atomic mass is 35.5. The van der Waals surface area contributed by atoms with Crippen LogP contribution in [0, 0.1) is 12.7 Å². The van der Waals surface area contributed by atoms with Crippen molar-refractivity contribution >= 4 is 45.7 Å². The molecular weight excluding hydrogens is 394 g/mol. The Hall–Kier alpha value is -2.97. The van der Waals surface area contributed by atoms with Crippen LogP contribution < -0.4 is 5.32 Å². The van der Waals surface area contributed by atoms with E-state index in [2.05, 4.69) is 25.8 Å². The van der Waals surface area contributed by atoms with Gasteiger partial charge >= 0.3 is 0 Å². The second kappa shape index (κ2) is 6.64. The highest BCUT2D eigenvalue weighted by Crippen LogP contribution is 2.30. The van der Waals surface area contributed by atoms with Crippen molar-refractivity contribution in [3.63, 3.8) is 0 Å². The predicted octanol–water partition coefficient (Wildman–Crippen LogP) is 4.15. The van der Waals surface area contributed by atoms with E-state index in [-0.39, 0.29) is 16.4 Å². The van der Waals surface area contributed by atoms with E-state index < -0.39 is 11.7 Å². The Labute approximate surface area is 162 Å². The lowest BCUT2D eigenvalue weighted by molar-refractivity contribution is 0.102. The van der Waals surface area contributed by atoms with Gasteiger partial charge < -0.3 is 10.3 Å². The van der Waals surface area contributed by atoms with Gasteiger partial charge in [0, 0.05) is 15.9 Å². The SMILES string of the molecule is Cc1nnnn1-c1ccc(F)c(NC(=O)c2[nH]c3ccc(Cl)cc3c2Cl)c1. The van der Waals surface area contributed by atoms with E-state index in [0.717, 1.165) is 0 Å². The number of nitrogens with zero attached hydrogens (tertiary/aromatic N) is 4. The lowest BCUT2D eigenvalue weighted by atomic mass is 10.2. The molecule has 1 amide bonds. The number of nitrogens with one attached hydrogen (secondary N) is 2. The maximum Gasteiger partial charge on any atom is 0.273 e. The quantitative estimate of drug-likeness (QED) is 0.536. The van der Waals surface area contributed by atoms with Crippen molar-refractivity contribution in [2.24, 2.45) is 0 Å². The molecule has 4 rings (SSSR count). The number of benzene rings is 2.